The molecule has 0 aliphatic rings. The van der Waals surface area contributed by atoms with E-state index in [0.29, 0.717) is 24.8 Å². The first kappa shape index (κ1) is 13.7. The van der Waals surface area contributed by atoms with Gasteiger partial charge < -0.3 is 10.3 Å². The van der Waals surface area contributed by atoms with Crippen LogP contribution >= 0.6 is 0 Å². The normalized spacial score (nSPS) is 11.2. The lowest BCUT2D eigenvalue weighted by Crippen LogP contribution is -2.18. The summed E-state index contributed by atoms with van der Waals surface area (Å²) in [5, 5.41) is 4.01. The molecule has 5 heteroatoms. The number of hydrogen-bond donors (Lipinski definition) is 1. The second-order valence-corrected chi connectivity index (χ2v) is 4.65. The van der Waals surface area contributed by atoms with E-state index in [1.165, 1.54) is 0 Å². The number of benzene rings is 1. The summed E-state index contributed by atoms with van der Waals surface area (Å²) in [4.78, 5) is 6.57. The van der Waals surface area contributed by atoms with E-state index in [1.54, 1.807) is 0 Å². The van der Waals surface area contributed by atoms with Crippen molar-refractivity contribution in [3.05, 3.63) is 35.7 Å². The van der Waals surface area contributed by atoms with Gasteiger partial charge in [0.05, 0.1) is 6.54 Å². The summed E-state index contributed by atoms with van der Waals surface area (Å²) >= 11 is 0. The minimum Gasteiger partial charge on any atom is -0.338 e. The van der Waals surface area contributed by atoms with Gasteiger partial charge in [-0.2, -0.15) is 4.98 Å². The van der Waals surface area contributed by atoms with Crippen molar-refractivity contribution in [2.75, 3.05) is 13.6 Å². The highest BCUT2D eigenvalue weighted by molar-refractivity contribution is 5.54. The molecule has 0 aliphatic carbocycles. The second kappa shape index (κ2) is 6.45. The van der Waals surface area contributed by atoms with Crippen LogP contribution in [0.1, 0.15) is 24.8 Å². The van der Waals surface area contributed by atoms with Gasteiger partial charge >= 0.3 is 0 Å². The predicted molar refractivity (Wildman–Crippen MR) is 74.3 cm³/mol. The summed E-state index contributed by atoms with van der Waals surface area (Å²) in [6.45, 7) is 4.39. The first-order chi connectivity index (χ1) is 9.22. The van der Waals surface area contributed by atoms with E-state index >= 15 is 0 Å². The topological polar surface area (TPSA) is 68.2 Å². The zero-order chi connectivity index (χ0) is 13.7. The lowest BCUT2D eigenvalue weighted by Gasteiger charge is -2.11. The number of hydrogen-bond acceptors (Lipinski definition) is 5. The van der Waals surface area contributed by atoms with Gasteiger partial charge in [-0.15, -0.1) is 0 Å². The molecule has 5 nitrogen and oxygen atoms in total. The van der Waals surface area contributed by atoms with E-state index in [2.05, 4.69) is 22.0 Å². The quantitative estimate of drug-likeness (QED) is 0.860. The summed E-state index contributed by atoms with van der Waals surface area (Å²) in [5.41, 5.74) is 7.61. The van der Waals surface area contributed by atoms with E-state index in [-0.39, 0.29) is 0 Å². The molecule has 1 heterocycles. The average molecular weight is 260 g/mol. The molecule has 0 bridgehead atoms. The maximum atomic E-state index is 5.57. The predicted octanol–water partition coefficient (Wildman–Crippen LogP) is 2.04. The number of nitrogens with zero attached hydrogens (tertiary/aromatic N) is 3. The van der Waals surface area contributed by atoms with Crippen LogP contribution < -0.4 is 5.73 Å². The lowest BCUT2D eigenvalue weighted by atomic mass is 10.1. The monoisotopic (exact) mass is 260 g/mol. The molecular formula is C14H20N4O. The summed E-state index contributed by atoms with van der Waals surface area (Å²) in [5.74, 6) is 1.28. The summed E-state index contributed by atoms with van der Waals surface area (Å²) in [6, 6.07) is 7.89. The minimum absolute atomic E-state index is 0.541. The molecule has 2 rings (SSSR count). The molecule has 0 fully saturated rings. The van der Waals surface area contributed by atoms with Crippen molar-refractivity contribution in [1.82, 2.24) is 15.0 Å². The van der Waals surface area contributed by atoms with E-state index < -0.39 is 0 Å². The van der Waals surface area contributed by atoms with Crippen LogP contribution in [0, 0.1) is 0 Å². The molecule has 0 saturated heterocycles. The van der Waals surface area contributed by atoms with Gasteiger partial charge in [0.1, 0.15) is 0 Å². The molecule has 0 radical (unpaired) electrons. The molecule has 0 spiro atoms. The van der Waals surface area contributed by atoms with Gasteiger partial charge in [0.2, 0.25) is 11.7 Å². The molecule has 1 aromatic heterocycles. The maximum Gasteiger partial charge on any atom is 0.241 e. The third-order valence-corrected chi connectivity index (χ3v) is 2.93. The Hall–Kier alpha value is -1.72. The fraction of sp³-hybridized carbons (Fsp3) is 0.429. The van der Waals surface area contributed by atoms with Crippen LogP contribution in [0.15, 0.2) is 28.8 Å². The Morgan fingerprint density at radius 3 is 2.63 bits per heavy atom. The molecule has 0 atom stereocenters. The van der Waals surface area contributed by atoms with Gasteiger partial charge in [-0.1, -0.05) is 36.3 Å². The first-order valence-electron chi connectivity index (χ1n) is 6.53. The van der Waals surface area contributed by atoms with Crippen molar-refractivity contribution in [2.45, 2.75) is 26.4 Å². The Morgan fingerprint density at radius 1 is 1.26 bits per heavy atom. The molecule has 1 aromatic carbocycles. The third kappa shape index (κ3) is 3.62. The second-order valence-electron chi connectivity index (χ2n) is 4.65. The summed E-state index contributed by atoms with van der Waals surface area (Å²) < 4.78 is 5.27. The number of rotatable bonds is 6. The molecule has 0 amide bonds. The standard InChI is InChI=1S/C14H20N4O/c1-3-8-18(2)10-13-16-14(17-19-13)12-6-4-11(9-15)5-7-12/h4-7H,3,8-10,15H2,1-2H3. The third-order valence-electron chi connectivity index (χ3n) is 2.93. The molecule has 0 aliphatic heterocycles. The van der Waals surface area contributed by atoms with Gasteiger partial charge in [0.15, 0.2) is 0 Å². The first-order valence-corrected chi connectivity index (χ1v) is 6.53. The summed E-state index contributed by atoms with van der Waals surface area (Å²) in [6.07, 6.45) is 1.11. The van der Waals surface area contributed by atoms with Crippen molar-refractivity contribution in [1.29, 1.82) is 0 Å². The van der Waals surface area contributed by atoms with Gasteiger partial charge in [0.25, 0.3) is 0 Å². The van der Waals surface area contributed by atoms with E-state index in [9.17, 15) is 0 Å². The Balaban J connectivity index is 2.07. The Morgan fingerprint density at radius 2 is 2.00 bits per heavy atom. The average Bonchev–Trinajstić information content (AvgIpc) is 2.87. The van der Waals surface area contributed by atoms with Crippen molar-refractivity contribution < 1.29 is 4.52 Å². The maximum absolute atomic E-state index is 5.57. The lowest BCUT2D eigenvalue weighted by molar-refractivity contribution is 0.267. The molecule has 19 heavy (non-hydrogen) atoms. The molecule has 2 aromatic rings. The van der Waals surface area contributed by atoms with Crippen LogP contribution in [0.2, 0.25) is 0 Å². The smallest absolute Gasteiger partial charge is 0.241 e. The van der Waals surface area contributed by atoms with E-state index in [1.807, 2.05) is 31.3 Å². The fourth-order valence-corrected chi connectivity index (χ4v) is 1.92. The van der Waals surface area contributed by atoms with Gasteiger partial charge in [-0.3, -0.25) is 4.90 Å². The minimum atomic E-state index is 0.541. The van der Waals surface area contributed by atoms with Crippen LogP contribution in [0.3, 0.4) is 0 Å². The molecular weight excluding hydrogens is 240 g/mol. The highest BCUT2D eigenvalue weighted by Crippen LogP contribution is 2.16. The van der Waals surface area contributed by atoms with Crippen molar-refractivity contribution in [3.63, 3.8) is 0 Å². The van der Waals surface area contributed by atoms with Gasteiger partial charge in [0, 0.05) is 12.1 Å². The van der Waals surface area contributed by atoms with Crippen LogP contribution in [-0.2, 0) is 13.1 Å². The molecule has 102 valence electrons. The largest absolute Gasteiger partial charge is 0.338 e. The highest BCUT2D eigenvalue weighted by Gasteiger charge is 2.10. The zero-order valence-electron chi connectivity index (χ0n) is 11.5. The SMILES string of the molecule is CCCN(C)Cc1nc(-c2ccc(CN)cc2)no1. The Bertz CT molecular complexity index is 506. The van der Waals surface area contributed by atoms with E-state index in [4.69, 9.17) is 10.3 Å². The van der Waals surface area contributed by atoms with Crippen molar-refractivity contribution in [2.24, 2.45) is 5.73 Å². The number of nitrogens with two attached hydrogens (primary N) is 1. The Labute approximate surface area is 113 Å². The van der Waals surface area contributed by atoms with Crippen LogP contribution in [0.5, 0.6) is 0 Å². The summed E-state index contributed by atoms with van der Waals surface area (Å²) in [7, 11) is 2.05. The zero-order valence-corrected chi connectivity index (χ0v) is 11.5. The van der Waals surface area contributed by atoms with Gasteiger partial charge in [-0.25, -0.2) is 0 Å². The molecule has 0 saturated carbocycles. The van der Waals surface area contributed by atoms with Crippen molar-refractivity contribution >= 4 is 0 Å². The van der Waals surface area contributed by atoms with E-state index in [0.717, 1.165) is 24.1 Å². The highest BCUT2D eigenvalue weighted by atomic mass is 16.5. The van der Waals surface area contributed by atoms with Gasteiger partial charge in [-0.05, 0) is 25.6 Å². The van der Waals surface area contributed by atoms with Crippen molar-refractivity contribution in [3.8, 4) is 11.4 Å². The van der Waals surface area contributed by atoms with Crippen LogP contribution in [-0.4, -0.2) is 28.6 Å². The fourth-order valence-electron chi connectivity index (χ4n) is 1.92. The van der Waals surface area contributed by atoms with Crippen LogP contribution in [0.4, 0.5) is 0 Å². The molecule has 0 unspecified atom stereocenters. The number of aromatic nitrogens is 2. The molecule has 2 N–H and O–H groups in total. The Kier molecular flexibility index (Phi) is 4.65. The van der Waals surface area contributed by atoms with Crippen LogP contribution in [0.25, 0.3) is 11.4 Å².